The van der Waals surface area contributed by atoms with Gasteiger partial charge in [0.1, 0.15) is 0 Å². The lowest BCUT2D eigenvalue weighted by atomic mass is 10.0. The van der Waals surface area contributed by atoms with Crippen molar-refractivity contribution in [2.45, 2.75) is 37.8 Å². The molecule has 3 rings (SSSR count). The molecule has 0 aliphatic heterocycles. The molecule has 0 radical (unpaired) electrons. The zero-order valence-corrected chi connectivity index (χ0v) is 12.4. The van der Waals surface area contributed by atoms with E-state index in [2.05, 4.69) is 21.2 Å². The van der Waals surface area contributed by atoms with Crippen LogP contribution in [0.3, 0.4) is 0 Å². The number of nitrogens with two attached hydrogens (primary N) is 1. The van der Waals surface area contributed by atoms with Gasteiger partial charge in [-0.25, -0.2) is 0 Å². The number of nitrogens with one attached hydrogen (secondary N) is 1. The molecule has 1 aromatic rings. The highest BCUT2D eigenvalue weighted by molar-refractivity contribution is 9.10. The Morgan fingerprint density at radius 3 is 2.42 bits per heavy atom. The minimum absolute atomic E-state index is 0.0294. The van der Waals surface area contributed by atoms with Gasteiger partial charge in [-0.05, 0) is 65.6 Å². The van der Waals surface area contributed by atoms with E-state index in [4.69, 9.17) is 5.73 Å². The van der Waals surface area contributed by atoms with E-state index >= 15 is 0 Å². The fraction of sp³-hybridized carbons (Fsp3) is 0.533. The molecule has 4 heteroatoms. The minimum atomic E-state index is 0.0294. The van der Waals surface area contributed by atoms with E-state index in [1.807, 2.05) is 24.3 Å². The van der Waals surface area contributed by atoms with Crippen LogP contribution in [-0.2, 0) is 0 Å². The van der Waals surface area contributed by atoms with Gasteiger partial charge in [0.2, 0.25) is 0 Å². The number of fused-ring (bicyclic) bond motifs is 1. The van der Waals surface area contributed by atoms with Crippen LogP contribution in [0.1, 0.15) is 36.0 Å². The molecular weight excluding hydrogens is 304 g/mol. The standard InChI is InChI=1S/C15H19BrN2O/c16-14-4-2-1-3-13(14)15(19)18-12-7-9-5-11(17)6-10(9)8-12/h1-4,9-12H,5-8,17H2,(H,18,19). The third kappa shape index (κ3) is 2.70. The van der Waals surface area contributed by atoms with Crippen LogP contribution >= 0.6 is 15.9 Å². The lowest BCUT2D eigenvalue weighted by Crippen LogP contribution is -2.34. The Labute approximate surface area is 122 Å². The second kappa shape index (κ2) is 5.25. The highest BCUT2D eigenvalue weighted by atomic mass is 79.9. The predicted octanol–water partition coefficient (Wildman–Crippen LogP) is 2.69. The molecule has 3 N–H and O–H groups in total. The van der Waals surface area contributed by atoms with E-state index in [0.29, 0.717) is 12.1 Å². The van der Waals surface area contributed by atoms with E-state index in [9.17, 15) is 4.79 Å². The van der Waals surface area contributed by atoms with E-state index < -0.39 is 0 Å². The van der Waals surface area contributed by atoms with Gasteiger partial charge >= 0.3 is 0 Å². The molecule has 2 unspecified atom stereocenters. The van der Waals surface area contributed by atoms with Crippen LogP contribution in [0, 0.1) is 11.8 Å². The van der Waals surface area contributed by atoms with E-state index in [0.717, 1.165) is 47.6 Å². The van der Waals surface area contributed by atoms with Crippen molar-refractivity contribution in [3.63, 3.8) is 0 Å². The number of hydrogen-bond donors (Lipinski definition) is 2. The summed E-state index contributed by atoms with van der Waals surface area (Å²) >= 11 is 3.43. The number of benzene rings is 1. The quantitative estimate of drug-likeness (QED) is 0.879. The van der Waals surface area contributed by atoms with Crippen LogP contribution in [0.4, 0.5) is 0 Å². The van der Waals surface area contributed by atoms with E-state index in [-0.39, 0.29) is 5.91 Å². The molecule has 0 saturated heterocycles. The van der Waals surface area contributed by atoms with Crippen molar-refractivity contribution in [2.24, 2.45) is 17.6 Å². The van der Waals surface area contributed by atoms with E-state index in [1.54, 1.807) is 0 Å². The molecule has 0 heterocycles. The summed E-state index contributed by atoms with van der Waals surface area (Å²) < 4.78 is 0.854. The zero-order chi connectivity index (χ0) is 13.4. The van der Waals surface area contributed by atoms with Gasteiger partial charge in [0, 0.05) is 16.6 Å². The van der Waals surface area contributed by atoms with Crippen LogP contribution in [0.5, 0.6) is 0 Å². The summed E-state index contributed by atoms with van der Waals surface area (Å²) in [5.41, 5.74) is 6.71. The largest absolute Gasteiger partial charge is 0.349 e. The number of hydrogen-bond acceptors (Lipinski definition) is 2. The van der Waals surface area contributed by atoms with Crippen molar-refractivity contribution in [1.82, 2.24) is 5.32 Å². The molecule has 0 bridgehead atoms. The van der Waals surface area contributed by atoms with Gasteiger partial charge in [-0.15, -0.1) is 0 Å². The first-order valence-corrected chi connectivity index (χ1v) is 7.73. The topological polar surface area (TPSA) is 55.1 Å². The second-order valence-corrected chi connectivity index (χ2v) is 6.73. The number of rotatable bonds is 2. The molecule has 1 aromatic carbocycles. The normalized spacial score (nSPS) is 33.2. The Hall–Kier alpha value is -0.870. The van der Waals surface area contributed by atoms with Gasteiger partial charge in [0.05, 0.1) is 5.56 Å². The highest BCUT2D eigenvalue weighted by Gasteiger charge is 2.40. The van der Waals surface area contributed by atoms with Crippen LogP contribution in [0.25, 0.3) is 0 Å². The van der Waals surface area contributed by atoms with Crippen molar-refractivity contribution in [1.29, 1.82) is 0 Å². The van der Waals surface area contributed by atoms with Crippen LogP contribution in [0.2, 0.25) is 0 Å². The summed E-state index contributed by atoms with van der Waals surface area (Å²) in [4.78, 5) is 12.2. The molecule has 3 nitrogen and oxygen atoms in total. The molecule has 102 valence electrons. The van der Waals surface area contributed by atoms with Gasteiger partial charge in [0.25, 0.3) is 5.91 Å². The molecule has 19 heavy (non-hydrogen) atoms. The summed E-state index contributed by atoms with van der Waals surface area (Å²) in [5, 5.41) is 3.17. The fourth-order valence-electron chi connectivity index (χ4n) is 3.69. The van der Waals surface area contributed by atoms with Crippen molar-refractivity contribution in [2.75, 3.05) is 0 Å². The maximum atomic E-state index is 12.2. The second-order valence-electron chi connectivity index (χ2n) is 5.87. The number of halogens is 1. The Balaban J connectivity index is 1.62. The molecule has 2 aliphatic rings. The van der Waals surface area contributed by atoms with Gasteiger partial charge in [-0.2, -0.15) is 0 Å². The summed E-state index contributed by atoms with van der Waals surface area (Å²) in [5.74, 6) is 1.47. The molecule has 1 amide bonds. The van der Waals surface area contributed by atoms with Gasteiger partial charge in [-0.3, -0.25) is 4.79 Å². The molecule has 0 spiro atoms. The number of carbonyl (C=O) groups excluding carboxylic acids is 1. The number of amides is 1. The number of carbonyl (C=O) groups is 1. The van der Waals surface area contributed by atoms with Crippen molar-refractivity contribution in [3.05, 3.63) is 34.3 Å². The third-order valence-corrected chi connectivity index (χ3v) is 5.20. The molecule has 2 aliphatic carbocycles. The minimum Gasteiger partial charge on any atom is -0.349 e. The monoisotopic (exact) mass is 322 g/mol. The van der Waals surface area contributed by atoms with Crippen LogP contribution < -0.4 is 11.1 Å². The maximum absolute atomic E-state index is 12.2. The fourth-order valence-corrected chi connectivity index (χ4v) is 4.15. The SMILES string of the molecule is NC1CC2CC(NC(=O)c3ccccc3Br)CC2C1. The van der Waals surface area contributed by atoms with Crippen LogP contribution in [-0.4, -0.2) is 18.0 Å². The third-order valence-electron chi connectivity index (χ3n) is 4.51. The van der Waals surface area contributed by atoms with Crippen LogP contribution in [0.15, 0.2) is 28.7 Å². The lowest BCUT2D eigenvalue weighted by molar-refractivity contribution is 0.0935. The first-order valence-electron chi connectivity index (χ1n) is 6.94. The first-order chi connectivity index (χ1) is 9.13. The Kier molecular flexibility index (Phi) is 3.63. The zero-order valence-electron chi connectivity index (χ0n) is 10.8. The lowest BCUT2D eigenvalue weighted by Gasteiger charge is -2.15. The predicted molar refractivity (Wildman–Crippen MR) is 78.8 cm³/mol. The summed E-state index contributed by atoms with van der Waals surface area (Å²) in [7, 11) is 0. The van der Waals surface area contributed by atoms with Crippen molar-refractivity contribution >= 4 is 21.8 Å². The van der Waals surface area contributed by atoms with Gasteiger partial charge in [-0.1, -0.05) is 12.1 Å². The molecule has 2 fully saturated rings. The molecule has 0 aromatic heterocycles. The Bertz CT molecular complexity index is 477. The van der Waals surface area contributed by atoms with Gasteiger partial charge in [0.15, 0.2) is 0 Å². The smallest absolute Gasteiger partial charge is 0.252 e. The van der Waals surface area contributed by atoms with Gasteiger partial charge < -0.3 is 11.1 Å². The molecular formula is C15H19BrN2O. The van der Waals surface area contributed by atoms with E-state index in [1.165, 1.54) is 0 Å². The summed E-state index contributed by atoms with van der Waals surface area (Å²) in [6.07, 6.45) is 4.45. The summed E-state index contributed by atoms with van der Waals surface area (Å²) in [6, 6.07) is 8.27. The van der Waals surface area contributed by atoms with Crippen molar-refractivity contribution < 1.29 is 4.79 Å². The Morgan fingerprint density at radius 2 is 1.79 bits per heavy atom. The maximum Gasteiger partial charge on any atom is 0.252 e. The molecule has 2 saturated carbocycles. The first kappa shape index (κ1) is 13.1. The van der Waals surface area contributed by atoms with Crippen molar-refractivity contribution in [3.8, 4) is 0 Å². The Morgan fingerprint density at radius 1 is 1.16 bits per heavy atom. The molecule has 2 atom stereocenters. The average molecular weight is 323 g/mol. The summed E-state index contributed by atoms with van der Waals surface area (Å²) in [6.45, 7) is 0. The average Bonchev–Trinajstić information content (AvgIpc) is 2.86. The highest BCUT2D eigenvalue weighted by Crippen LogP contribution is 2.43.